The molecular weight excluding hydrogens is 503 g/mol. The van der Waals surface area contributed by atoms with E-state index in [1.807, 2.05) is 4.90 Å². The highest BCUT2D eigenvalue weighted by molar-refractivity contribution is 6.00. The van der Waals surface area contributed by atoms with E-state index in [1.165, 1.54) is 49.6 Å². The fraction of sp³-hybridized carbons (Fsp3) is 0.269. The van der Waals surface area contributed by atoms with Crippen LogP contribution < -0.4 is 25.4 Å². The Kier molecular flexibility index (Phi) is 8.31. The molecule has 0 atom stereocenters. The van der Waals surface area contributed by atoms with Gasteiger partial charge in [-0.1, -0.05) is 6.07 Å². The van der Waals surface area contributed by atoms with Crippen LogP contribution in [0.2, 0.25) is 0 Å². The fourth-order valence-corrected chi connectivity index (χ4v) is 3.87. The normalized spacial score (nSPS) is 13.6. The lowest BCUT2D eigenvalue weighted by molar-refractivity contribution is -0.138. The van der Waals surface area contributed by atoms with Gasteiger partial charge in [-0.15, -0.1) is 0 Å². The van der Waals surface area contributed by atoms with Crippen molar-refractivity contribution in [2.75, 3.05) is 37.5 Å². The third kappa shape index (κ3) is 6.91. The lowest BCUT2D eigenvalue weighted by Crippen LogP contribution is -2.26. The number of nitrogens with zero attached hydrogens (tertiary/aromatic N) is 2. The second-order valence-corrected chi connectivity index (χ2v) is 8.44. The molecule has 1 aliphatic rings. The van der Waals surface area contributed by atoms with Crippen LogP contribution in [-0.4, -0.2) is 48.7 Å². The number of amides is 3. The molecule has 4 rings (SSSR count). The molecule has 0 bridgehead atoms. The molecule has 38 heavy (non-hydrogen) atoms. The van der Waals surface area contributed by atoms with Crippen molar-refractivity contribution in [1.29, 1.82) is 0 Å². The van der Waals surface area contributed by atoms with Crippen molar-refractivity contribution in [2.45, 2.75) is 19.0 Å². The summed E-state index contributed by atoms with van der Waals surface area (Å²) >= 11 is 0. The van der Waals surface area contributed by atoms with Gasteiger partial charge in [0.15, 0.2) is 0 Å². The number of carbonyl (C=O) groups is 2. The van der Waals surface area contributed by atoms with Gasteiger partial charge in [0.25, 0.3) is 5.91 Å². The van der Waals surface area contributed by atoms with Crippen LogP contribution in [0.1, 0.15) is 28.9 Å². The summed E-state index contributed by atoms with van der Waals surface area (Å²) in [5, 5.41) is 7.25. The third-order valence-corrected chi connectivity index (χ3v) is 5.70. The predicted molar refractivity (Wildman–Crippen MR) is 135 cm³/mol. The minimum atomic E-state index is -4.74. The number of alkyl halides is 3. The predicted octanol–water partition coefficient (Wildman–Crippen LogP) is 5.33. The maximum absolute atomic E-state index is 13.9. The second-order valence-electron chi connectivity index (χ2n) is 8.44. The molecule has 2 heterocycles. The molecule has 3 N–H and O–H groups in total. The SMILES string of the molecule is CNC(=O)c1cc(Oc2ccc(NC(=O)Nc3cccc(OCN4CCCC4)c3C(F)(F)F)cc2)ccn1. The smallest absolute Gasteiger partial charge is 0.421 e. The van der Waals surface area contributed by atoms with Gasteiger partial charge in [0, 0.05) is 38.1 Å². The third-order valence-electron chi connectivity index (χ3n) is 5.70. The quantitative estimate of drug-likeness (QED) is 0.365. The number of hydrogen-bond donors (Lipinski definition) is 3. The maximum atomic E-state index is 13.9. The number of urea groups is 1. The molecule has 0 saturated carbocycles. The first-order valence-corrected chi connectivity index (χ1v) is 11.8. The molecule has 1 aromatic heterocycles. The number of hydrogen-bond acceptors (Lipinski definition) is 6. The van der Waals surface area contributed by atoms with E-state index in [0.29, 0.717) is 17.2 Å². The van der Waals surface area contributed by atoms with Gasteiger partial charge < -0.3 is 25.4 Å². The van der Waals surface area contributed by atoms with Gasteiger partial charge in [-0.05, 0) is 55.3 Å². The monoisotopic (exact) mass is 529 g/mol. The molecule has 0 unspecified atom stereocenters. The summed E-state index contributed by atoms with van der Waals surface area (Å²) < 4.78 is 52.9. The lowest BCUT2D eigenvalue weighted by Gasteiger charge is -2.21. The zero-order chi connectivity index (χ0) is 27.1. The van der Waals surface area contributed by atoms with Crippen molar-refractivity contribution in [1.82, 2.24) is 15.2 Å². The number of anilines is 2. The van der Waals surface area contributed by atoms with Crippen molar-refractivity contribution >= 4 is 23.3 Å². The molecule has 0 radical (unpaired) electrons. The van der Waals surface area contributed by atoms with Crippen LogP contribution >= 0.6 is 0 Å². The summed E-state index contributed by atoms with van der Waals surface area (Å²) in [6, 6.07) is 12.2. The zero-order valence-corrected chi connectivity index (χ0v) is 20.5. The van der Waals surface area contributed by atoms with Gasteiger partial charge in [0.05, 0.1) is 5.69 Å². The van der Waals surface area contributed by atoms with Crippen molar-refractivity contribution in [3.05, 3.63) is 72.1 Å². The average Bonchev–Trinajstić information content (AvgIpc) is 3.41. The number of aromatic nitrogens is 1. The molecule has 0 aliphatic carbocycles. The van der Waals surface area contributed by atoms with Crippen molar-refractivity contribution < 1.29 is 32.2 Å². The molecule has 3 amide bonds. The summed E-state index contributed by atoms with van der Waals surface area (Å²) in [6.45, 7) is 1.58. The largest absolute Gasteiger partial charge is 0.477 e. The Morgan fingerprint density at radius 1 is 1.00 bits per heavy atom. The van der Waals surface area contributed by atoms with Crippen LogP contribution in [0.15, 0.2) is 60.8 Å². The van der Waals surface area contributed by atoms with Gasteiger partial charge in [0.1, 0.15) is 35.2 Å². The topological polar surface area (TPSA) is 105 Å². The van der Waals surface area contributed by atoms with Crippen LogP contribution in [0.5, 0.6) is 17.2 Å². The Bertz CT molecular complexity index is 1280. The molecule has 1 aliphatic heterocycles. The maximum Gasteiger partial charge on any atom is 0.421 e. The van der Waals surface area contributed by atoms with E-state index in [1.54, 1.807) is 18.2 Å². The molecule has 2 aromatic carbocycles. The van der Waals surface area contributed by atoms with Gasteiger partial charge in [-0.25, -0.2) is 4.79 Å². The number of carbonyl (C=O) groups excluding carboxylic acids is 2. The molecule has 1 saturated heterocycles. The number of ether oxygens (including phenoxy) is 2. The van der Waals surface area contributed by atoms with Crippen molar-refractivity contribution in [2.24, 2.45) is 0 Å². The zero-order valence-electron chi connectivity index (χ0n) is 20.5. The summed E-state index contributed by atoms with van der Waals surface area (Å²) in [4.78, 5) is 30.1. The van der Waals surface area contributed by atoms with E-state index in [0.717, 1.165) is 25.9 Å². The highest BCUT2D eigenvalue weighted by Crippen LogP contribution is 2.41. The number of pyridine rings is 1. The number of halogens is 3. The van der Waals surface area contributed by atoms with E-state index in [9.17, 15) is 22.8 Å². The Morgan fingerprint density at radius 2 is 1.74 bits per heavy atom. The molecule has 12 heteroatoms. The number of rotatable bonds is 8. The molecule has 1 fully saturated rings. The van der Waals surface area contributed by atoms with E-state index in [2.05, 4.69) is 20.9 Å². The minimum absolute atomic E-state index is 0.0414. The summed E-state index contributed by atoms with van der Waals surface area (Å²) in [6.07, 6.45) is -1.35. The summed E-state index contributed by atoms with van der Waals surface area (Å²) in [5.74, 6) is 0.0774. The summed E-state index contributed by atoms with van der Waals surface area (Å²) in [7, 11) is 1.49. The minimum Gasteiger partial charge on any atom is -0.477 e. The first-order chi connectivity index (χ1) is 18.2. The van der Waals surface area contributed by atoms with Crippen LogP contribution in [0, 0.1) is 0 Å². The van der Waals surface area contributed by atoms with E-state index >= 15 is 0 Å². The van der Waals surface area contributed by atoms with Crippen LogP contribution in [-0.2, 0) is 6.18 Å². The van der Waals surface area contributed by atoms with Crippen LogP contribution in [0.25, 0.3) is 0 Å². The molecular formula is C26H26F3N5O4. The number of benzene rings is 2. The molecule has 3 aromatic rings. The van der Waals surface area contributed by atoms with Gasteiger partial charge >= 0.3 is 12.2 Å². The molecule has 9 nitrogen and oxygen atoms in total. The molecule has 0 spiro atoms. The average molecular weight is 530 g/mol. The van der Waals surface area contributed by atoms with Gasteiger partial charge in [-0.2, -0.15) is 13.2 Å². The second kappa shape index (κ2) is 11.8. The Balaban J connectivity index is 1.40. The van der Waals surface area contributed by atoms with Crippen LogP contribution in [0.4, 0.5) is 29.3 Å². The van der Waals surface area contributed by atoms with E-state index in [4.69, 9.17) is 9.47 Å². The van der Waals surface area contributed by atoms with E-state index in [-0.39, 0.29) is 24.1 Å². The Labute approximate surface area is 217 Å². The van der Waals surface area contributed by atoms with Crippen molar-refractivity contribution in [3.63, 3.8) is 0 Å². The van der Waals surface area contributed by atoms with Crippen molar-refractivity contribution in [3.8, 4) is 17.2 Å². The Hall–Kier alpha value is -4.32. The number of nitrogens with one attached hydrogen (secondary N) is 3. The van der Waals surface area contributed by atoms with E-state index < -0.39 is 23.5 Å². The van der Waals surface area contributed by atoms with Crippen LogP contribution in [0.3, 0.4) is 0 Å². The fourth-order valence-electron chi connectivity index (χ4n) is 3.87. The van der Waals surface area contributed by atoms with Gasteiger partial charge in [0.2, 0.25) is 0 Å². The Morgan fingerprint density at radius 3 is 2.42 bits per heavy atom. The first-order valence-electron chi connectivity index (χ1n) is 11.8. The highest BCUT2D eigenvalue weighted by atomic mass is 19.4. The number of likely N-dealkylation sites (tertiary alicyclic amines) is 1. The lowest BCUT2D eigenvalue weighted by atomic mass is 10.1. The first kappa shape index (κ1) is 26.7. The summed E-state index contributed by atoms with van der Waals surface area (Å²) in [5.41, 5.74) is -0.959. The highest BCUT2D eigenvalue weighted by Gasteiger charge is 2.38. The standard InChI is InChI=1S/C26H26F3N5O4/c1-30-24(35)21-15-19(11-12-31-21)38-18-9-7-17(8-10-18)32-25(36)33-20-5-4-6-22(23(20)26(27,28)29)37-16-34-13-2-3-14-34/h4-12,15H,2-3,13-14,16H2,1H3,(H,30,35)(H2,32,33,36). The molecule has 200 valence electrons. The van der Waals surface area contributed by atoms with Gasteiger partial charge in [-0.3, -0.25) is 14.7 Å².